The van der Waals surface area contributed by atoms with Gasteiger partial charge in [0.15, 0.2) is 5.78 Å². The molecule has 2 atom stereocenters. The Balaban J connectivity index is 1.79. The minimum Gasteiger partial charge on any atom is -0.497 e. The highest BCUT2D eigenvalue weighted by Crippen LogP contribution is 2.47. The van der Waals surface area contributed by atoms with Crippen molar-refractivity contribution in [3.05, 3.63) is 86.7 Å². The number of hydrogen-bond donors (Lipinski definition) is 1. The molecule has 0 unspecified atom stereocenters. The number of carbonyl (C=O) groups excluding carboxylic acids is 2. The van der Waals surface area contributed by atoms with Crippen molar-refractivity contribution in [3.63, 3.8) is 0 Å². The molecule has 160 valence electrons. The third-order valence-electron chi connectivity index (χ3n) is 6.04. The molecule has 0 radical (unpaired) electrons. The number of methoxy groups -OCH3 is 2. The standard InChI is InChI=1S/C25H24BrNO4/c1-14-22(25(29)31-3)23(18-6-4-5-7-19(18)26)24-20(27-14)12-16(13-21(24)28)15-8-10-17(30-2)11-9-15/h4-11,16,23,27H,12-13H2,1-3H3/t16-,23+/m1/s1. The molecule has 1 aliphatic carbocycles. The maximum atomic E-state index is 13.5. The Labute approximate surface area is 190 Å². The van der Waals surface area contributed by atoms with Gasteiger partial charge in [-0.15, -0.1) is 0 Å². The minimum atomic E-state index is -0.469. The zero-order valence-electron chi connectivity index (χ0n) is 17.7. The molecule has 2 aliphatic rings. The zero-order chi connectivity index (χ0) is 22.1. The number of hydrogen-bond acceptors (Lipinski definition) is 5. The van der Waals surface area contributed by atoms with Crippen LogP contribution in [0.5, 0.6) is 5.75 Å². The summed E-state index contributed by atoms with van der Waals surface area (Å²) in [6, 6.07) is 15.6. The summed E-state index contributed by atoms with van der Waals surface area (Å²) in [6.07, 6.45) is 1.08. The van der Waals surface area contributed by atoms with Gasteiger partial charge in [0.2, 0.25) is 0 Å². The van der Waals surface area contributed by atoms with Crippen LogP contribution in [0.25, 0.3) is 0 Å². The Bertz CT molecular complexity index is 1100. The Kier molecular flexibility index (Phi) is 6.01. The number of ether oxygens (including phenoxy) is 2. The van der Waals surface area contributed by atoms with E-state index in [0.717, 1.165) is 32.7 Å². The van der Waals surface area contributed by atoms with Gasteiger partial charge in [-0.25, -0.2) is 4.79 Å². The van der Waals surface area contributed by atoms with Crippen LogP contribution in [0.2, 0.25) is 0 Å². The number of carbonyl (C=O) groups is 2. The van der Waals surface area contributed by atoms with Crippen LogP contribution in [0, 0.1) is 0 Å². The Morgan fingerprint density at radius 2 is 1.77 bits per heavy atom. The van der Waals surface area contributed by atoms with Gasteiger partial charge in [0.25, 0.3) is 0 Å². The molecule has 4 rings (SSSR count). The fourth-order valence-electron chi connectivity index (χ4n) is 4.55. The fourth-order valence-corrected chi connectivity index (χ4v) is 5.07. The number of allylic oxidation sites excluding steroid dienone is 3. The lowest BCUT2D eigenvalue weighted by atomic mass is 9.72. The van der Waals surface area contributed by atoms with Gasteiger partial charge in [0, 0.05) is 33.8 Å². The summed E-state index contributed by atoms with van der Waals surface area (Å²) in [5.74, 6) is 0.00395. The SMILES string of the molecule is COC(=O)C1=C(C)NC2=C(C(=O)C[C@H](c3ccc(OC)cc3)C2)[C@H]1c1ccccc1Br. The first kappa shape index (κ1) is 21.4. The van der Waals surface area contributed by atoms with E-state index in [1.54, 1.807) is 7.11 Å². The maximum Gasteiger partial charge on any atom is 0.336 e. The summed E-state index contributed by atoms with van der Waals surface area (Å²) < 4.78 is 11.2. The van der Waals surface area contributed by atoms with Crippen molar-refractivity contribution in [1.29, 1.82) is 0 Å². The molecule has 0 saturated carbocycles. The van der Waals surface area contributed by atoms with Crippen LogP contribution in [0.4, 0.5) is 0 Å². The Hall–Kier alpha value is -2.86. The number of ketones is 1. The highest BCUT2D eigenvalue weighted by Gasteiger charge is 2.41. The number of esters is 1. The first-order chi connectivity index (χ1) is 14.9. The molecule has 0 bridgehead atoms. The molecule has 5 nitrogen and oxygen atoms in total. The second-order valence-electron chi connectivity index (χ2n) is 7.80. The molecule has 6 heteroatoms. The molecule has 31 heavy (non-hydrogen) atoms. The molecule has 0 saturated heterocycles. The van der Waals surface area contributed by atoms with Crippen LogP contribution in [0.1, 0.15) is 42.7 Å². The molecule has 0 fully saturated rings. The van der Waals surface area contributed by atoms with Crippen LogP contribution in [0.3, 0.4) is 0 Å². The lowest BCUT2D eigenvalue weighted by molar-refractivity contribution is -0.136. The zero-order valence-corrected chi connectivity index (χ0v) is 19.3. The number of dihydropyridines is 1. The third kappa shape index (κ3) is 3.92. The average Bonchev–Trinajstić information content (AvgIpc) is 2.78. The van der Waals surface area contributed by atoms with Gasteiger partial charge in [-0.05, 0) is 48.6 Å². The van der Waals surface area contributed by atoms with Crippen molar-refractivity contribution < 1.29 is 19.1 Å². The molecule has 1 heterocycles. The van der Waals surface area contributed by atoms with Crippen molar-refractivity contribution in [2.45, 2.75) is 31.6 Å². The summed E-state index contributed by atoms with van der Waals surface area (Å²) in [7, 11) is 3.00. The van der Waals surface area contributed by atoms with Crippen LogP contribution in [-0.2, 0) is 14.3 Å². The number of rotatable bonds is 4. The summed E-state index contributed by atoms with van der Waals surface area (Å²) in [6.45, 7) is 1.86. The van der Waals surface area contributed by atoms with Gasteiger partial charge in [0.05, 0.1) is 19.8 Å². The Morgan fingerprint density at radius 1 is 1.06 bits per heavy atom. The van der Waals surface area contributed by atoms with E-state index in [2.05, 4.69) is 21.2 Å². The van der Waals surface area contributed by atoms with E-state index in [0.29, 0.717) is 24.0 Å². The smallest absolute Gasteiger partial charge is 0.336 e. The molecule has 1 N–H and O–H groups in total. The highest BCUT2D eigenvalue weighted by atomic mass is 79.9. The van der Waals surface area contributed by atoms with Crippen molar-refractivity contribution in [3.8, 4) is 5.75 Å². The van der Waals surface area contributed by atoms with Gasteiger partial charge in [-0.1, -0.05) is 46.3 Å². The molecular formula is C25H24BrNO4. The number of Topliss-reactive ketones (excluding diaryl/α,β-unsaturated/α-hetero) is 1. The average molecular weight is 482 g/mol. The van der Waals surface area contributed by atoms with Crippen LogP contribution >= 0.6 is 15.9 Å². The fraction of sp³-hybridized carbons (Fsp3) is 0.280. The molecule has 1 aliphatic heterocycles. The number of halogens is 1. The maximum absolute atomic E-state index is 13.5. The summed E-state index contributed by atoms with van der Waals surface area (Å²) >= 11 is 3.61. The number of benzene rings is 2. The van der Waals surface area contributed by atoms with E-state index in [-0.39, 0.29) is 11.7 Å². The van der Waals surface area contributed by atoms with E-state index in [4.69, 9.17) is 9.47 Å². The molecule has 2 aromatic rings. The van der Waals surface area contributed by atoms with Crippen molar-refractivity contribution in [2.24, 2.45) is 0 Å². The van der Waals surface area contributed by atoms with Crippen LogP contribution < -0.4 is 10.1 Å². The first-order valence-electron chi connectivity index (χ1n) is 10.1. The number of nitrogens with one attached hydrogen (secondary N) is 1. The molecule has 2 aromatic carbocycles. The van der Waals surface area contributed by atoms with E-state index in [9.17, 15) is 9.59 Å². The molecular weight excluding hydrogens is 458 g/mol. The van der Waals surface area contributed by atoms with E-state index in [1.807, 2.05) is 55.5 Å². The van der Waals surface area contributed by atoms with Crippen LogP contribution in [0.15, 0.2) is 75.5 Å². The minimum absolute atomic E-state index is 0.0456. The van der Waals surface area contributed by atoms with Crippen molar-refractivity contribution in [1.82, 2.24) is 5.32 Å². The molecule has 0 aromatic heterocycles. The normalized spacial score (nSPS) is 20.8. The monoisotopic (exact) mass is 481 g/mol. The van der Waals surface area contributed by atoms with E-state index in [1.165, 1.54) is 7.11 Å². The van der Waals surface area contributed by atoms with Gasteiger partial charge in [0.1, 0.15) is 5.75 Å². The van der Waals surface area contributed by atoms with Crippen molar-refractivity contribution in [2.75, 3.05) is 14.2 Å². The predicted octanol–water partition coefficient (Wildman–Crippen LogP) is 4.99. The summed E-state index contributed by atoms with van der Waals surface area (Å²) in [4.78, 5) is 26.2. The predicted molar refractivity (Wildman–Crippen MR) is 122 cm³/mol. The summed E-state index contributed by atoms with van der Waals surface area (Å²) in [5.41, 5.74) is 4.71. The lowest BCUT2D eigenvalue weighted by Crippen LogP contribution is -2.36. The third-order valence-corrected chi connectivity index (χ3v) is 6.76. The largest absolute Gasteiger partial charge is 0.497 e. The van der Waals surface area contributed by atoms with Crippen LogP contribution in [-0.4, -0.2) is 26.0 Å². The van der Waals surface area contributed by atoms with Gasteiger partial charge in [-0.3, -0.25) is 4.79 Å². The van der Waals surface area contributed by atoms with Gasteiger partial charge >= 0.3 is 5.97 Å². The second-order valence-corrected chi connectivity index (χ2v) is 8.66. The second kappa shape index (κ2) is 8.71. The van der Waals surface area contributed by atoms with Gasteiger partial charge < -0.3 is 14.8 Å². The van der Waals surface area contributed by atoms with E-state index >= 15 is 0 Å². The van der Waals surface area contributed by atoms with Gasteiger partial charge in [-0.2, -0.15) is 0 Å². The van der Waals surface area contributed by atoms with E-state index < -0.39 is 11.9 Å². The topological polar surface area (TPSA) is 64.6 Å². The first-order valence-corrected chi connectivity index (χ1v) is 10.9. The quantitative estimate of drug-likeness (QED) is 0.622. The summed E-state index contributed by atoms with van der Waals surface area (Å²) in [5, 5.41) is 3.35. The van der Waals surface area contributed by atoms with Crippen molar-refractivity contribution >= 4 is 27.7 Å². The molecule has 0 spiro atoms. The molecule has 0 amide bonds. The Morgan fingerprint density at radius 3 is 2.42 bits per heavy atom. The lowest BCUT2D eigenvalue weighted by Gasteiger charge is -2.37. The highest BCUT2D eigenvalue weighted by molar-refractivity contribution is 9.10.